The van der Waals surface area contributed by atoms with Gasteiger partial charge in [-0.25, -0.2) is 17.2 Å². The van der Waals surface area contributed by atoms with Crippen LogP contribution >= 0.6 is 0 Å². The highest BCUT2D eigenvalue weighted by atomic mass is 32.2. The summed E-state index contributed by atoms with van der Waals surface area (Å²) in [5.74, 6) is -1.73. The van der Waals surface area contributed by atoms with Crippen molar-refractivity contribution in [2.75, 3.05) is 4.72 Å². The fraction of sp³-hybridized carbons (Fsp3) is 0.294. The first-order chi connectivity index (χ1) is 10.7. The number of rotatable bonds is 5. The zero-order chi connectivity index (χ0) is 17.3. The highest BCUT2D eigenvalue weighted by Crippen LogP contribution is 2.28. The molecule has 0 aliphatic heterocycles. The molecular weight excluding hydrogens is 320 g/mol. The van der Waals surface area contributed by atoms with Crippen LogP contribution in [-0.4, -0.2) is 8.42 Å². The number of hydrogen-bond acceptors (Lipinski definition) is 2. The topological polar surface area (TPSA) is 46.2 Å². The monoisotopic (exact) mass is 339 g/mol. The quantitative estimate of drug-likeness (QED) is 0.874. The maximum Gasteiger partial charge on any atom is 0.261 e. The zero-order valence-corrected chi connectivity index (χ0v) is 14.0. The summed E-state index contributed by atoms with van der Waals surface area (Å²) in [7, 11) is -3.93. The zero-order valence-electron chi connectivity index (χ0n) is 13.2. The van der Waals surface area contributed by atoms with Crippen LogP contribution in [0.15, 0.2) is 47.4 Å². The van der Waals surface area contributed by atoms with E-state index in [1.165, 1.54) is 12.1 Å². The lowest BCUT2D eigenvalue weighted by molar-refractivity contribution is 0.506. The molecule has 0 radical (unpaired) electrons. The molecule has 0 aliphatic rings. The minimum atomic E-state index is -3.93. The lowest BCUT2D eigenvalue weighted by Gasteiger charge is -2.23. The van der Waals surface area contributed by atoms with Crippen molar-refractivity contribution < 1.29 is 17.2 Å². The van der Waals surface area contributed by atoms with Gasteiger partial charge in [-0.3, -0.25) is 4.72 Å². The summed E-state index contributed by atoms with van der Waals surface area (Å²) in [6.07, 6.45) is 0.915. The molecule has 0 unspecified atom stereocenters. The number of hydrogen-bond donors (Lipinski definition) is 1. The lowest BCUT2D eigenvalue weighted by Crippen LogP contribution is -2.17. The minimum Gasteiger partial charge on any atom is -0.277 e. The molecule has 0 aromatic heterocycles. The van der Waals surface area contributed by atoms with E-state index in [1.807, 2.05) is 0 Å². The summed E-state index contributed by atoms with van der Waals surface area (Å²) in [6, 6.07) is 9.14. The maximum atomic E-state index is 13.6. The Morgan fingerprint density at radius 2 is 1.65 bits per heavy atom. The standard InChI is InChI=1S/C17H19F2NO2S/c1-4-17(2,3)12-5-8-14(9-6-12)23(21,22)20-16-10-7-13(18)11-15(16)19/h5-11,20H,4H2,1-3H3. The summed E-state index contributed by atoms with van der Waals surface area (Å²) >= 11 is 0. The van der Waals surface area contributed by atoms with Crippen LogP contribution in [0.1, 0.15) is 32.8 Å². The number of anilines is 1. The predicted octanol–water partition coefficient (Wildman–Crippen LogP) is 4.45. The van der Waals surface area contributed by atoms with Gasteiger partial charge in [-0.05, 0) is 41.7 Å². The minimum absolute atomic E-state index is 0.0249. The van der Waals surface area contributed by atoms with Crippen LogP contribution in [0.3, 0.4) is 0 Å². The van der Waals surface area contributed by atoms with Crippen LogP contribution in [0.25, 0.3) is 0 Å². The molecular formula is C17H19F2NO2S. The molecule has 23 heavy (non-hydrogen) atoms. The second-order valence-electron chi connectivity index (χ2n) is 5.99. The molecule has 0 atom stereocenters. The van der Waals surface area contributed by atoms with Crippen LogP contribution in [-0.2, 0) is 15.4 Å². The van der Waals surface area contributed by atoms with Crippen LogP contribution in [0, 0.1) is 11.6 Å². The second kappa shape index (κ2) is 6.28. The van der Waals surface area contributed by atoms with Crippen LogP contribution in [0.2, 0.25) is 0 Å². The molecule has 0 amide bonds. The van der Waals surface area contributed by atoms with Gasteiger partial charge in [0.1, 0.15) is 11.6 Å². The lowest BCUT2D eigenvalue weighted by atomic mass is 9.82. The summed E-state index contributed by atoms with van der Waals surface area (Å²) in [4.78, 5) is 0.0249. The molecule has 0 saturated heterocycles. The Balaban J connectivity index is 2.29. The molecule has 2 rings (SSSR count). The third-order valence-electron chi connectivity index (χ3n) is 4.01. The molecule has 0 spiro atoms. The number of sulfonamides is 1. The first-order valence-corrected chi connectivity index (χ1v) is 8.72. The third-order valence-corrected chi connectivity index (χ3v) is 5.39. The number of halogens is 2. The molecule has 6 heteroatoms. The van der Waals surface area contributed by atoms with Crippen LogP contribution in [0.5, 0.6) is 0 Å². The molecule has 0 saturated carbocycles. The predicted molar refractivity (Wildman–Crippen MR) is 86.9 cm³/mol. The maximum absolute atomic E-state index is 13.6. The van der Waals surface area contributed by atoms with Crippen molar-refractivity contribution in [3.8, 4) is 0 Å². The van der Waals surface area contributed by atoms with Crippen LogP contribution < -0.4 is 4.72 Å². The summed E-state index contributed by atoms with van der Waals surface area (Å²) in [5, 5.41) is 0. The Morgan fingerprint density at radius 3 is 2.17 bits per heavy atom. The first kappa shape index (κ1) is 17.4. The Morgan fingerprint density at radius 1 is 1.04 bits per heavy atom. The Kier molecular flexibility index (Phi) is 4.75. The Hall–Kier alpha value is -1.95. The van der Waals surface area contributed by atoms with E-state index < -0.39 is 21.7 Å². The SMILES string of the molecule is CCC(C)(C)c1ccc(S(=O)(=O)Nc2ccc(F)cc2F)cc1. The largest absolute Gasteiger partial charge is 0.277 e. The molecule has 2 aromatic rings. The highest BCUT2D eigenvalue weighted by molar-refractivity contribution is 7.92. The van der Waals surface area contributed by atoms with Crippen molar-refractivity contribution in [3.63, 3.8) is 0 Å². The molecule has 2 aromatic carbocycles. The van der Waals surface area contributed by atoms with Crippen molar-refractivity contribution in [1.29, 1.82) is 0 Å². The third kappa shape index (κ3) is 3.88. The molecule has 124 valence electrons. The van der Waals surface area contributed by atoms with E-state index in [4.69, 9.17) is 0 Å². The van der Waals surface area contributed by atoms with E-state index in [1.54, 1.807) is 12.1 Å². The van der Waals surface area contributed by atoms with Gasteiger partial charge >= 0.3 is 0 Å². The van der Waals surface area contributed by atoms with Gasteiger partial charge in [0, 0.05) is 6.07 Å². The average Bonchev–Trinajstić information content (AvgIpc) is 2.50. The van der Waals surface area contributed by atoms with Gasteiger partial charge in [0.15, 0.2) is 0 Å². The Labute approximate surface area is 135 Å². The normalized spacial score (nSPS) is 12.2. The van der Waals surface area contributed by atoms with Gasteiger partial charge in [0.05, 0.1) is 10.6 Å². The first-order valence-electron chi connectivity index (χ1n) is 7.24. The molecule has 0 heterocycles. The number of benzene rings is 2. The van der Waals surface area contributed by atoms with Gasteiger partial charge in [0.25, 0.3) is 10.0 Å². The summed E-state index contributed by atoms with van der Waals surface area (Å²) < 4.78 is 53.2. The van der Waals surface area contributed by atoms with E-state index in [0.29, 0.717) is 6.07 Å². The fourth-order valence-corrected chi connectivity index (χ4v) is 3.13. The summed E-state index contributed by atoms with van der Waals surface area (Å²) in [6.45, 7) is 6.20. The van der Waals surface area contributed by atoms with E-state index in [0.717, 1.165) is 24.1 Å². The highest BCUT2D eigenvalue weighted by Gasteiger charge is 2.20. The van der Waals surface area contributed by atoms with Crippen molar-refractivity contribution in [2.45, 2.75) is 37.5 Å². The van der Waals surface area contributed by atoms with E-state index in [2.05, 4.69) is 25.5 Å². The van der Waals surface area contributed by atoms with Crippen molar-refractivity contribution in [1.82, 2.24) is 0 Å². The molecule has 0 fully saturated rings. The van der Waals surface area contributed by atoms with Crippen molar-refractivity contribution >= 4 is 15.7 Å². The van der Waals surface area contributed by atoms with Gasteiger partial charge in [-0.15, -0.1) is 0 Å². The van der Waals surface area contributed by atoms with Crippen molar-refractivity contribution in [2.24, 2.45) is 0 Å². The van der Waals surface area contributed by atoms with Gasteiger partial charge in [0.2, 0.25) is 0 Å². The van der Waals surface area contributed by atoms with E-state index in [-0.39, 0.29) is 16.0 Å². The second-order valence-corrected chi connectivity index (χ2v) is 7.67. The summed E-state index contributed by atoms with van der Waals surface area (Å²) in [5.41, 5.74) is 0.676. The molecule has 3 nitrogen and oxygen atoms in total. The van der Waals surface area contributed by atoms with Gasteiger partial charge in [-0.1, -0.05) is 32.9 Å². The number of nitrogens with one attached hydrogen (secondary N) is 1. The molecule has 0 bridgehead atoms. The van der Waals surface area contributed by atoms with Crippen LogP contribution in [0.4, 0.5) is 14.5 Å². The van der Waals surface area contributed by atoms with E-state index in [9.17, 15) is 17.2 Å². The van der Waals surface area contributed by atoms with Gasteiger partial charge in [-0.2, -0.15) is 0 Å². The molecule has 0 aliphatic carbocycles. The van der Waals surface area contributed by atoms with E-state index >= 15 is 0 Å². The Bertz CT molecular complexity index is 800. The van der Waals surface area contributed by atoms with Gasteiger partial charge < -0.3 is 0 Å². The fourth-order valence-electron chi connectivity index (χ4n) is 2.07. The average molecular weight is 339 g/mol. The van der Waals surface area contributed by atoms with Crippen molar-refractivity contribution in [3.05, 3.63) is 59.7 Å². The smallest absolute Gasteiger partial charge is 0.261 e. The molecule has 1 N–H and O–H groups in total.